The number of nitrogens with zero attached hydrogens (tertiary/aromatic N) is 3. The monoisotopic (exact) mass is 340 g/mol. The number of ether oxygens (including phenoxy) is 1. The number of halogens is 1. The number of hydrogen-bond donors (Lipinski definition) is 1. The quantitative estimate of drug-likeness (QED) is 0.775. The Hall–Kier alpha value is -3.22. The van der Waals surface area contributed by atoms with Crippen LogP contribution in [0.5, 0.6) is 5.75 Å². The molecule has 0 saturated heterocycles. The molecule has 0 aliphatic carbocycles. The van der Waals surface area contributed by atoms with Crippen molar-refractivity contribution in [1.29, 1.82) is 0 Å². The summed E-state index contributed by atoms with van der Waals surface area (Å²) in [5.41, 5.74) is 2.05. The van der Waals surface area contributed by atoms with E-state index in [1.807, 2.05) is 25.2 Å². The van der Waals surface area contributed by atoms with E-state index in [2.05, 4.69) is 15.5 Å². The van der Waals surface area contributed by atoms with Crippen molar-refractivity contribution in [2.75, 3.05) is 12.4 Å². The first kappa shape index (κ1) is 16.6. The van der Waals surface area contributed by atoms with Crippen LogP contribution in [0.4, 0.5) is 10.1 Å². The van der Waals surface area contributed by atoms with Gasteiger partial charge in [-0.2, -0.15) is 0 Å². The van der Waals surface area contributed by atoms with Crippen molar-refractivity contribution in [2.24, 2.45) is 7.05 Å². The summed E-state index contributed by atoms with van der Waals surface area (Å²) in [7, 11) is 3.24. The molecule has 128 valence electrons. The highest BCUT2D eigenvalue weighted by atomic mass is 19.1. The normalized spacial score (nSPS) is 10.5. The minimum atomic E-state index is -0.489. The van der Waals surface area contributed by atoms with E-state index in [9.17, 15) is 9.18 Å². The lowest BCUT2D eigenvalue weighted by Gasteiger charge is -2.08. The van der Waals surface area contributed by atoms with Gasteiger partial charge in [0.05, 0.1) is 13.5 Å². The number of aryl methyl sites for hydroxylation is 1. The van der Waals surface area contributed by atoms with Crippen molar-refractivity contribution in [1.82, 2.24) is 14.8 Å². The molecule has 6 nitrogen and oxygen atoms in total. The van der Waals surface area contributed by atoms with Crippen LogP contribution in [0.15, 0.2) is 48.8 Å². The Kier molecular flexibility index (Phi) is 4.74. The molecule has 0 aliphatic rings. The zero-order valence-corrected chi connectivity index (χ0v) is 13.9. The summed E-state index contributed by atoms with van der Waals surface area (Å²) in [6, 6.07) is 11.8. The molecule has 2 aromatic carbocycles. The third-order valence-electron chi connectivity index (χ3n) is 3.70. The number of anilines is 1. The maximum atomic E-state index is 13.7. The molecule has 7 heteroatoms. The first-order valence-corrected chi connectivity index (χ1v) is 7.63. The van der Waals surface area contributed by atoms with Crippen LogP contribution in [-0.4, -0.2) is 27.8 Å². The first-order chi connectivity index (χ1) is 12.1. The van der Waals surface area contributed by atoms with Crippen LogP contribution < -0.4 is 10.1 Å². The average Bonchev–Trinajstić information content (AvgIpc) is 3.01. The van der Waals surface area contributed by atoms with Gasteiger partial charge in [-0.3, -0.25) is 4.79 Å². The third kappa shape index (κ3) is 3.82. The zero-order valence-electron chi connectivity index (χ0n) is 13.9. The van der Waals surface area contributed by atoms with E-state index in [0.717, 1.165) is 5.56 Å². The van der Waals surface area contributed by atoms with Gasteiger partial charge in [0.25, 0.3) is 0 Å². The van der Waals surface area contributed by atoms with Crippen molar-refractivity contribution < 1.29 is 13.9 Å². The smallest absolute Gasteiger partial charge is 0.228 e. The number of hydrogen-bond acceptors (Lipinski definition) is 4. The van der Waals surface area contributed by atoms with E-state index < -0.39 is 5.82 Å². The van der Waals surface area contributed by atoms with E-state index in [1.165, 1.54) is 19.2 Å². The lowest BCUT2D eigenvalue weighted by molar-refractivity contribution is -0.115. The summed E-state index contributed by atoms with van der Waals surface area (Å²) < 4.78 is 20.4. The lowest BCUT2D eigenvalue weighted by Crippen LogP contribution is -2.14. The van der Waals surface area contributed by atoms with E-state index in [-0.39, 0.29) is 18.1 Å². The standard InChI is InChI=1S/C18H17FN4O2/c1-23-11-20-22-18(23)13-4-3-5-14(10-13)21-17(24)9-12-6-7-16(25-2)15(19)8-12/h3-8,10-11H,9H2,1-2H3,(H,21,24). The highest BCUT2D eigenvalue weighted by Gasteiger charge is 2.10. The van der Waals surface area contributed by atoms with Crippen LogP contribution >= 0.6 is 0 Å². The Bertz CT molecular complexity index is 908. The molecule has 25 heavy (non-hydrogen) atoms. The molecule has 3 rings (SSSR count). The van der Waals surface area contributed by atoms with Crippen molar-refractivity contribution in [3.05, 3.63) is 60.2 Å². The van der Waals surface area contributed by atoms with E-state index in [1.54, 1.807) is 23.0 Å². The van der Waals surface area contributed by atoms with Gasteiger partial charge < -0.3 is 14.6 Å². The van der Waals surface area contributed by atoms with Gasteiger partial charge >= 0.3 is 0 Å². The van der Waals surface area contributed by atoms with Crippen molar-refractivity contribution >= 4 is 11.6 Å². The molecule has 0 atom stereocenters. The summed E-state index contributed by atoms with van der Waals surface area (Å²) in [6.45, 7) is 0. The number of amides is 1. The number of carbonyl (C=O) groups is 1. The minimum absolute atomic E-state index is 0.0646. The Morgan fingerprint density at radius 2 is 2.12 bits per heavy atom. The Balaban J connectivity index is 1.71. The topological polar surface area (TPSA) is 69.0 Å². The fourth-order valence-electron chi connectivity index (χ4n) is 2.49. The highest BCUT2D eigenvalue weighted by Crippen LogP contribution is 2.21. The van der Waals surface area contributed by atoms with E-state index >= 15 is 0 Å². The van der Waals surface area contributed by atoms with Crippen molar-refractivity contribution in [3.63, 3.8) is 0 Å². The van der Waals surface area contributed by atoms with E-state index in [0.29, 0.717) is 17.1 Å². The minimum Gasteiger partial charge on any atom is -0.494 e. The second-order valence-corrected chi connectivity index (χ2v) is 5.54. The van der Waals surface area contributed by atoms with E-state index in [4.69, 9.17) is 4.74 Å². The van der Waals surface area contributed by atoms with Gasteiger partial charge in [0, 0.05) is 18.3 Å². The van der Waals surface area contributed by atoms with Gasteiger partial charge in [0.1, 0.15) is 6.33 Å². The molecule has 0 saturated carbocycles. The number of aromatic nitrogens is 3. The SMILES string of the molecule is COc1ccc(CC(=O)Nc2cccc(-c3nncn3C)c2)cc1F. The molecular weight excluding hydrogens is 323 g/mol. The molecule has 1 heterocycles. The average molecular weight is 340 g/mol. The highest BCUT2D eigenvalue weighted by molar-refractivity contribution is 5.92. The molecule has 0 radical (unpaired) electrons. The van der Waals surface area contributed by atoms with Crippen LogP contribution in [0.25, 0.3) is 11.4 Å². The zero-order chi connectivity index (χ0) is 17.8. The molecule has 0 aliphatic heterocycles. The Morgan fingerprint density at radius 3 is 2.80 bits per heavy atom. The van der Waals surface area contributed by atoms with Crippen LogP contribution in [0.3, 0.4) is 0 Å². The molecule has 0 spiro atoms. The lowest BCUT2D eigenvalue weighted by atomic mass is 10.1. The largest absolute Gasteiger partial charge is 0.494 e. The fourth-order valence-corrected chi connectivity index (χ4v) is 2.49. The fraction of sp³-hybridized carbons (Fsp3) is 0.167. The summed E-state index contributed by atoms with van der Waals surface area (Å²) >= 11 is 0. The van der Waals surface area contributed by atoms with Gasteiger partial charge in [-0.15, -0.1) is 10.2 Å². The molecule has 3 aromatic rings. The summed E-state index contributed by atoms with van der Waals surface area (Å²) in [4.78, 5) is 12.2. The summed E-state index contributed by atoms with van der Waals surface area (Å²) in [5.74, 6) is 0.130. The molecular formula is C18H17FN4O2. The van der Waals surface area contributed by atoms with Gasteiger partial charge in [-0.1, -0.05) is 18.2 Å². The number of methoxy groups -OCH3 is 1. The molecule has 1 amide bonds. The van der Waals surface area contributed by atoms with Crippen molar-refractivity contribution in [2.45, 2.75) is 6.42 Å². The number of benzene rings is 2. The molecule has 0 fully saturated rings. The number of rotatable bonds is 5. The summed E-state index contributed by atoms with van der Waals surface area (Å²) in [6.07, 6.45) is 1.67. The second kappa shape index (κ2) is 7.12. The van der Waals surface area contributed by atoms with Crippen LogP contribution in [0, 0.1) is 5.82 Å². The molecule has 1 aromatic heterocycles. The maximum Gasteiger partial charge on any atom is 0.228 e. The third-order valence-corrected chi connectivity index (χ3v) is 3.70. The molecule has 0 bridgehead atoms. The van der Waals surface area contributed by atoms with Crippen LogP contribution in [0.2, 0.25) is 0 Å². The second-order valence-electron chi connectivity index (χ2n) is 5.54. The summed E-state index contributed by atoms with van der Waals surface area (Å²) in [5, 5.41) is 10.7. The predicted molar refractivity (Wildman–Crippen MR) is 91.7 cm³/mol. The van der Waals surface area contributed by atoms with Gasteiger partial charge in [0.2, 0.25) is 5.91 Å². The van der Waals surface area contributed by atoms with Gasteiger partial charge in [-0.05, 0) is 29.8 Å². The Labute approximate surface area is 144 Å². The molecule has 0 unspecified atom stereocenters. The van der Waals surface area contributed by atoms with Gasteiger partial charge in [-0.25, -0.2) is 4.39 Å². The first-order valence-electron chi connectivity index (χ1n) is 7.63. The van der Waals surface area contributed by atoms with Crippen LogP contribution in [0.1, 0.15) is 5.56 Å². The Morgan fingerprint density at radius 1 is 1.28 bits per heavy atom. The van der Waals surface area contributed by atoms with Crippen LogP contribution in [-0.2, 0) is 18.3 Å². The van der Waals surface area contributed by atoms with Gasteiger partial charge in [0.15, 0.2) is 17.4 Å². The molecule has 1 N–H and O–H groups in total. The predicted octanol–water partition coefficient (Wildman–Crippen LogP) is 2.81. The van der Waals surface area contributed by atoms with Crippen molar-refractivity contribution in [3.8, 4) is 17.1 Å². The number of carbonyl (C=O) groups excluding carboxylic acids is 1. The number of nitrogens with one attached hydrogen (secondary N) is 1. The maximum absolute atomic E-state index is 13.7.